The van der Waals surface area contributed by atoms with Gasteiger partial charge in [-0.2, -0.15) is 0 Å². The molecule has 1 aliphatic carbocycles. The number of nitrogens with one attached hydrogen (secondary N) is 1. The summed E-state index contributed by atoms with van der Waals surface area (Å²) in [6.45, 7) is -0.140. The van der Waals surface area contributed by atoms with Crippen LogP contribution in [0.25, 0.3) is 0 Å². The van der Waals surface area contributed by atoms with Crippen molar-refractivity contribution in [1.82, 2.24) is 13.9 Å². The highest BCUT2D eigenvalue weighted by atomic mass is 32.2. The largest absolute Gasteiger partial charge is 0.391 e. The molecule has 8 nitrogen and oxygen atoms in total. The van der Waals surface area contributed by atoms with E-state index in [1.165, 1.54) is 14.1 Å². The smallest absolute Gasteiger partial charge is 0.330 e. The molecule has 0 radical (unpaired) electrons. The number of hydrogen-bond donors (Lipinski definition) is 2. The van der Waals surface area contributed by atoms with Crippen molar-refractivity contribution in [2.75, 3.05) is 6.54 Å². The van der Waals surface area contributed by atoms with Crippen molar-refractivity contribution in [2.24, 2.45) is 20.0 Å². The molecule has 1 aromatic heterocycles. The number of aliphatic hydroxyl groups excluding tert-OH is 1. The average Bonchev–Trinajstić information content (AvgIpc) is 3.22. The molecule has 2 N–H and O–H groups in total. The molecule has 0 bridgehead atoms. The second-order valence-electron chi connectivity index (χ2n) is 5.01. The fourth-order valence-electron chi connectivity index (χ4n) is 1.88. The molecule has 0 saturated heterocycles. The van der Waals surface area contributed by atoms with Crippen molar-refractivity contribution in [2.45, 2.75) is 23.8 Å². The molecule has 0 spiro atoms. The number of nitrogens with zero attached hydrogens (tertiary/aromatic N) is 2. The molecule has 1 atom stereocenters. The van der Waals surface area contributed by atoms with E-state index in [0.29, 0.717) is 0 Å². The SMILES string of the molecule is Cn1cc(S(=O)(=O)NCC(O)C2CC2)c(=O)n(C)c1=O. The van der Waals surface area contributed by atoms with Gasteiger partial charge in [0, 0.05) is 26.8 Å². The van der Waals surface area contributed by atoms with E-state index in [2.05, 4.69) is 4.72 Å². The topological polar surface area (TPSA) is 110 Å². The van der Waals surface area contributed by atoms with Crippen LogP contribution in [0, 0.1) is 5.92 Å². The molecule has 0 amide bonds. The van der Waals surface area contributed by atoms with Gasteiger partial charge in [0.15, 0.2) is 4.90 Å². The molecule has 1 saturated carbocycles. The maximum Gasteiger partial charge on any atom is 0.330 e. The molecule has 1 aliphatic rings. The summed E-state index contributed by atoms with van der Waals surface area (Å²) >= 11 is 0. The van der Waals surface area contributed by atoms with E-state index >= 15 is 0 Å². The number of aryl methyl sites for hydroxylation is 1. The van der Waals surface area contributed by atoms with E-state index in [1.54, 1.807) is 0 Å². The summed E-state index contributed by atoms with van der Waals surface area (Å²) in [6, 6.07) is 0. The molecular weight excluding hydrogens is 286 g/mol. The highest BCUT2D eigenvalue weighted by Crippen LogP contribution is 2.32. The average molecular weight is 303 g/mol. The van der Waals surface area contributed by atoms with E-state index in [4.69, 9.17) is 0 Å². The van der Waals surface area contributed by atoms with Crippen LogP contribution in [0.1, 0.15) is 12.8 Å². The predicted octanol–water partition coefficient (Wildman–Crippen LogP) is -1.87. The Labute approximate surface area is 115 Å². The zero-order chi connectivity index (χ0) is 15.1. The molecule has 1 unspecified atom stereocenters. The maximum absolute atomic E-state index is 12.1. The van der Waals surface area contributed by atoms with Crippen LogP contribution in [0.5, 0.6) is 0 Å². The Morgan fingerprint density at radius 2 is 2.00 bits per heavy atom. The second kappa shape index (κ2) is 5.15. The second-order valence-corrected chi connectivity index (χ2v) is 6.74. The predicted molar refractivity (Wildman–Crippen MR) is 70.8 cm³/mol. The normalized spacial score (nSPS) is 17.1. The fourth-order valence-corrected chi connectivity index (χ4v) is 3.09. The van der Waals surface area contributed by atoms with Gasteiger partial charge in [0.25, 0.3) is 5.56 Å². The van der Waals surface area contributed by atoms with E-state index in [1.807, 2.05) is 0 Å². The molecular formula is C11H17N3O5S. The van der Waals surface area contributed by atoms with Crippen molar-refractivity contribution in [3.05, 3.63) is 27.0 Å². The van der Waals surface area contributed by atoms with Gasteiger partial charge in [-0.05, 0) is 18.8 Å². The Morgan fingerprint density at radius 1 is 1.40 bits per heavy atom. The standard InChI is InChI=1S/C11H17N3O5S/c1-13-6-9(10(16)14(2)11(13)17)20(18,19)12-5-8(15)7-3-4-7/h6-8,12,15H,3-5H2,1-2H3. The van der Waals surface area contributed by atoms with Gasteiger partial charge in [0.05, 0.1) is 6.10 Å². The van der Waals surface area contributed by atoms with E-state index < -0.39 is 32.3 Å². The first kappa shape index (κ1) is 14.9. The lowest BCUT2D eigenvalue weighted by Crippen LogP contribution is -2.42. The molecule has 0 aliphatic heterocycles. The summed E-state index contributed by atoms with van der Waals surface area (Å²) in [6.07, 6.45) is 1.99. The minimum atomic E-state index is -4.06. The minimum Gasteiger partial charge on any atom is -0.391 e. The zero-order valence-corrected chi connectivity index (χ0v) is 12.1. The van der Waals surface area contributed by atoms with Gasteiger partial charge in [-0.3, -0.25) is 9.36 Å². The first-order valence-electron chi connectivity index (χ1n) is 6.18. The Balaban J connectivity index is 2.29. The maximum atomic E-state index is 12.1. The van der Waals surface area contributed by atoms with Crippen LogP contribution in [-0.2, 0) is 24.1 Å². The van der Waals surface area contributed by atoms with Crippen molar-refractivity contribution in [1.29, 1.82) is 0 Å². The Kier molecular flexibility index (Phi) is 3.85. The van der Waals surface area contributed by atoms with Gasteiger partial charge >= 0.3 is 5.69 Å². The van der Waals surface area contributed by atoms with Crippen molar-refractivity contribution in [3.8, 4) is 0 Å². The zero-order valence-electron chi connectivity index (χ0n) is 11.2. The van der Waals surface area contributed by atoms with E-state index in [0.717, 1.165) is 28.2 Å². The van der Waals surface area contributed by atoms with Crippen LogP contribution < -0.4 is 16.0 Å². The third-order valence-corrected chi connectivity index (χ3v) is 4.76. The molecule has 1 heterocycles. The quantitative estimate of drug-likeness (QED) is 0.662. The number of sulfonamides is 1. The third kappa shape index (κ3) is 2.84. The van der Waals surface area contributed by atoms with Gasteiger partial charge in [0.2, 0.25) is 10.0 Å². The summed E-state index contributed by atoms with van der Waals surface area (Å²) in [5.41, 5.74) is -1.49. The first-order valence-corrected chi connectivity index (χ1v) is 7.66. The van der Waals surface area contributed by atoms with E-state index in [9.17, 15) is 23.1 Å². The first-order chi connectivity index (χ1) is 9.24. The highest BCUT2D eigenvalue weighted by molar-refractivity contribution is 7.89. The molecule has 20 heavy (non-hydrogen) atoms. The fraction of sp³-hybridized carbons (Fsp3) is 0.636. The molecule has 2 rings (SSSR count). The highest BCUT2D eigenvalue weighted by Gasteiger charge is 2.31. The van der Waals surface area contributed by atoms with Crippen LogP contribution in [0.4, 0.5) is 0 Å². The van der Waals surface area contributed by atoms with Crippen molar-refractivity contribution >= 4 is 10.0 Å². The van der Waals surface area contributed by atoms with Crippen LogP contribution >= 0.6 is 0 Å². The molecule has 1 aromatic rings. The molecule has 112 valence electrons. The third-order valence-electron chi connectivity index (χ3n) is 3.35. The van der Waals surface area contributed by atoms with Gasteiger partial charge in [0.1, 0.15) is 0 Å². The van der Waals surface area contributed by atoms with Crippen molar-refractivity contribution in [3.63, 3.8) is 0 Å². The Morgan fingerprint density at radius 3 is 2.55 bits per heavy atom. The van der Waals surface area contributed by atoms with Crippen LogP contribution in [0.3, 0.4) is 0 Å². The van der Waals surface area contributed by atoms with Gasteiger partial charge in [-0.25, -0.2) is 17.9 Å². The summed E-state index contributed by atoms with van der Waals surface area (Å²) in [5, 5.41) is 9.66. The summed E-state index contributed by atoms with van der Waals surface area (Å²) in [7, 11) is -1.48. The van der Waals surface area contributed by atoms with Gasteiger partial charge < -0.3 is 9.67 Å². The monoisotopic (exact) mass is 303 g/mol. The molecule has 0 aromatic carbocycles. The molecule has 9 heteroatoms. The summed E-state index contributed by atoms with van der Waals surface area (Å²) < 4.78 is 28.1. The summed E-state index contributed by atoms with van der Waals surface area (Å²) in [5.74, 6) is 0.126. The number of rotatable bonds is 5. The van der Waals surface area contributed by atoms with Gasteiger partial charge in [-0.1, -0.05) is 0 Å². The van der Waals surface area contributed by atoms with E-state index in [-0.39, 0.29) is 12.5 Å². The molecule has 1 fully saturated rings. The van der Waals surface area contributed by atoms with Crippen LogP contribution in [-0.4, -0.2) is 35.3 Å². The lowest BCUT2D eigenvalue weighted by Gasteiger charge is -2.12. The Hall–Kier alpha value is -1.45. The van der Waals surface area contributed by atoms with Crippen LogP contribution in [0.15, 0.2) is 20.7 Å². The lowest BCUT2D eigenvalue weighted by atomic mass is 10.2. The Bertz CT molecular complexity index is 729. The van der Waals surface area contributed by atoms with Crippen LogP contribution in [0.2, 0.25) is 0 Å². The number of aromatic nitrogens is 2. The lowest BCUT2D eigenvalue weighted by molar-refractivity contribution is 0.155. The number of hydrogen-bond acceptors (Lipinski definition) is 5. The summed E-state index contributed by atoms with van der Waals surface area (Å²) in [4.78, 5) is 22.8. The van der Waals surface area contributed by atoms with Gasteiger partial charge in [-0.15, -0.1) is 0 Å². The van der Waals surface area contributed by atoms with Crippen molar-refractivity contribution < 1.29 is 13.5 Å². The number of aliphatic hydroxyl groups is 1. The minimum absolute atomic E-state index is 0.126.